The van der Waals surface area contributed by atoms with Gasteiger partial charge < -0.3 is 14.6 Å². The zero-order chi connectivity index (χ0) is 25.4. The summed E-state index contributed by atoms with van der Waals surface area (Å²) in [6.45, 7) is 14.0. The van der Waals surface area contributed by atoms with Gasteiger partial charge >= 0.3 is 11.9 Å². The second-order valence-electron chi connectivity index (χ2n) is 13.0. The summed E-state index contributed by atoms with van der Waals surface area (Å²) in [5.41, 5.74) is 3.15. The van der Waals surface area contributed by atoms with E-state index in [0.29, 0.717) is 24.9 Å². The van der Waals surface area contributed by atoms with Crippen LogP contribution in [0.5, 0.6) is 0 Å². The summed E-state index contributed by atoms with van der Waals surface area (Å²) in [5.74, 6) is 0.143. The van der Waals surface area contributed by atoms with E-state index in [-0.39, 0.29) is 46.3 Å². The lowest BCUT2D eigenvalue weighted by atomic mass is 9.47. The molecule has 0 aromatic heterocycles. The molecule has 0 unspecified atom stereocenters. The number of fused-ring (bicyclic) bond motifs is 5. The summed E-state index contributed by atoms with van der Waals surface area (Å²) in [6, 6.07) is 0. The Morgan fingerprint density at radius 1 is 1.14 bits per heavy atom. The Bertz CT molecular complexity index is 1030. The molecular formula is C30H42O5. The van der Waals surface area contributed by atoms with Crippen molar-refractivity contribution in [1.29, 1.82) is 0 Å². The number of carboxylic acids is 1. The highest BCUT2D eigenvalue weighted by molar-refractivity contribution is 5.88. The van der Waals surface area contributed by atoms with Crippen LogP contribution in [0.1, 0.15) is 86.5 Å². The van der Waals surface area contributed by atoms with Crippen LogP contribution in [-0.2, 0) is 19.1 Å². The van der Waals surface area contributed by atoms with Gasteiger partial charge in [-0.15, -0.1) is 0 Å². The van der Waals surface area contributed by atoms with E-state index < -0.39 is 5.97 Å². The first-order valence-corrected chi connectivity index (χ1v) is 13.5. The third-order valence-corrected chi connectivity index (χ3v) is 11.2. The topological polar surface area (TPSA) is 72.8 Å². The Kier molecular flexibility index (Phi) is 5.71. The standard InChI is InChI=1S/C30H42O5/c1-18-7-9-23(35-26(18)33)19(2)20-11-14-29(6)21-8-10-24-27(3,4)34-17-30(24,16-13-25(31)32)22(21)12-15-28(20,29)5/h7-8,12,19-20,23-24H,9-11,13-17H2,1-6H3,(H,31,32)/t19-,20+,23-,24-,28+,29-,30-/m0/s1. The van der Waals surface area contributed by atoms with E-state index in [0.717, 1.165) is 37.7 Å². The molecule has 0 radical (unpaired) electrons. The van der Waals surface area contributed by atoms with Crippen molar-refractivity contribution in [2.75, 3.05) is 6.61 Å². The third kappa shape index (κ3) is 3.43. The van der Waals surface area contributed by atoms with Crippen molar-refractivity contribution in [3.8, 4) is 0 Å². The van der Waals surface area contributed by atoms with Crippen LogP contribution < -0.4 is 0 Å². The molecular weight excluding hydrogens is 440 g/mol. The molecule has 0 aromatic carbocycles. The molecule has 5 heteroatoms. The Balaban J connectivity index is 1.50. The molecule has 5 nitrogen and oxygen atoms in total. The smallest absolute Gasteiger partial charge is 0.333 e. The lowest BCUT2D eigenvalue weighted by Crippen LogP contribution is -2.50. The molecule has 2 fully saturated rings. The van der Waals surface area contributed by atoms with Crippen LogP contribution in [0, 0.1) is 34.0 Å². The van der Waals surface area contributed by atoms with Crippen molar-refractivity contribution in [1.82, 2.24) is 0 Å². The van der Waals surface area contributed by atoms with E-state index in [2.05, 4.69) is 46.8 Å². The Morgan fingerprint density at radius 2 is 1.89 bits per heavy atom. The molecule has 0 aromatic rings. The number of carboxylic acid groups (broad SMARTS) is 1. The van der Waals surface area contributed by atoms with Crippen LogP contribution in [0.2, 0.25) is 0 Å². The zero-order valence-electron chi connectivity index (χ0n) is 22.3. The van der Waals surface area contributed by atoms with Crippen LogP contribution in [-0.4, -0.2) is 35.4 Å². The largest absolute Gasteiger partial charge is 0.481 e. The molecule has 3 aliphatic carbocycles. The fourth-order valence-corrected chi connectivity index (χ4v) is 8.79. The van der Waals surface area contributed by atoms with Gasteiger partial charge in [-0.1, -0.05) is 39.0 Å². The third-order valence-electron chi connectivity index (χ3n) is 11.2. The number of allylic oxidation sites excluding steroid dienone is 3. The van der Waals surface area contributed by atoms with Crippen molar-refractivity contribution in [2.45, 2.75) is 98.2 Å². The number of cyclic esters (lactones) is 1. The van der Waals surface area contributed by atoms with Gasteiger partial charge in [0.1, 0.15) is 6.10 Å². The molecule has 2 aliphatic heterocycles. The molecule has 0 amide bonds. The highest BCUT2D eigenvalue weighted by Gasteiger charge is 2.65. The molecule has 2 heterocycles. The van der Waals surface area contributed by atoms with Gasteiger partial charge in [-0.3, -0.25) is 4.79 Å². The maximum Gasteiger partial charge on any atom is 0.333 e. The number of carbonyl (C=O) groups is 2. The number of carbonyl (C=O) groups excluding carboxylic acids is 1. The maximum absolute atomic E-state index is 12.3. The van der Waals surface area contributed by atoms with E-state index in [4.69, 9.17) is 9.47 Å². The number of hydrogen-bond donors (Lipinski definition) is 1. The average molecular weight is 483 g/mol. The highest BCUT2D eigenvalue weighted by atomic mass is 16.5. The van der Waals surface area contributed by atoms with E-state index in [9.17, 15) is 14.7 Å². The fourth-order valence-electron chi connectivity index (χ4n) is 8.79. The van der Waals surface area contributed by atoms with E-state index in [1.165, 1.54) is 11.1 Å². The van der Waals surface area contributed by atoms with E-state index >= 15 is 0 Å². The molecule has 0 spiro atoms. The van der Waals surface area contributed by atoms with E-state index in [1.807, 2.05) is 13.0 Å². The summed E-state index contributed by atoms with van der Waals surface area (Å²) < 4.78 is 12.3. The van der Waals surface area contributed by atoms with Crippen molar-refractivity contribution >= 4 is 11.9 Å². The minimum absolute atomic E-state index is 0.0222. The van der Waals surface area contributed by atoms with Gasteiger partial charge in [0.25, 0.3) is 0 Å². The van der Waals surface area contributed by atoms with Gasteiger partial charge in [0.2, 0.25) is 0 Å². The summed E-state index contributed by atoms with van der Waals surface area (Å²) in [4.78, 5) is 23.9. The van der Waals surface area contributed by atoms with Gasteiger partial charge in [0, 0.05) is 29.7 Å². The summed E-state index contributed by atoms with van der Waals surface area (Å²) in [6.07, 6.45) is 12.7. The van der Waals surface area contributed by atoms with Gasteiger partial charge in [-0.05, 0) is 86.7 Å². The lowest BCUT2D eigenvalue weighted by Gasteiger charge is -2.56. The summed E-state index contributed by atoms with van der Waals surface area (Å²) in [7, 11) is 0. The van der Waals surface area contributed by atoms with Crippen LogP contribution in [0.4, 0.5) is 0 Å². The molecule has 1 saturated carbocycles. The average Bonchev–Trinajstić information content (AvgIpc) is 3.24. The van der Waals surface area contributed by atoms with Crippen molar-refractivity contribution in [2.24, 2.45) is 34.0 Å². The molecule has 0 bridgehead atoms. The molecule has 5 aliphatic rings. The Morgan fingerprint density at radius 3 is 2.57 bits per heavy atom. The number of ether oxygens (including phenoxy) is 2. The van der Waals surface area contributed by atoms with Crippen molar-refractivity contribution < 1.29 is 24.2 Å². The second kappa shape index (κ2) is 8.06. The van der Waals surface area contributed by atoms with Crippen molar-refractivity contribution in [3.63, 3.8) is 0 Å². The normalized spacial score (nSPS) is 42.6. The van der Waals surface area contributed by atoms with Crippen LogP contribution >= 0.6 is 0 Å². The predicted octanol–water partition coefficient (Wildman–Crippen LogP) is 6.24. The minimum atomic E-state index is -0.729. The SMILES string of the molecule is CC1=CC[C@@H]([C@@H](C)[C@H]2CC[C@@]3(C)C4=CC[C@H]5C(C)(C)OC[C@@]5(CCC(=O)O)C4=CC[C@]23C)OC1=O. The Hall–Kier alpha value is -1.88. The van der Waals surface area contributed by atoms with Gasteiger partial charge in [0.15, 0.2) is 0 Å². The zero-order valence-corrected chi connectivity index (χ0v) is 22.3. The minimum Gasteiger partial charge on any atom is -0.481 e. The van der Waals surface area contributed by atoms with Gasteiger partial charge in [0.05, 0.1) is 12.2 Å². The molecule has 192 valence electrons. The van der Waals surface area contributed by atoms with Gasteiger partial charge in [-0.2, -0.15) is 0 Å². The van der Waals surface area contributed by atoms with Gasteiger partial charge in [-0.25, -0.2) is 4.79 Å². The first-order valence-electron chi connectivity index (χ1n) is 13.5. The lowest BCUT2D eigenvalue weighted by molar-refractivity contribution is -0.150. The first kappa shape index (κ1) is 24.8. The monoisotopic (exact) mass is 482 g/mol. The summed E-state index contributed by atoms with van der Waals surface area (Å²) >= 11 is 0. The van der Waals surface area contributed by atoms with E-state index in [1.54, 1.807) is 0 Å². The Labute approximate surface area is 210 Å². The number of hydrogen-bond acceptors (Lipinski definition) is 4. The fraction of sp³-hybridized carbons (Fsp3) is 0.733. The first-order chi connectivity index (χ1) is 16.4. The molecule has 5 rings (SSSR count). The second-order valence-corrected chi connectivity index (χ2v) is 13.0. The number of rotatable bonds is 5. The predicted molar refractivity (Wildman–Crippen MR) is 135 cm³/mol. The highest BCUT2D eigenvalue weighted by Crippen LogP contribution is 2.71. The van der Waals surface area contributed by atoms with Crippen molar-refractivity contribution in [3.05, 3.63) is 34.9 Å². The number of aliphatic carboxylic acids is 1. The summed E-state index contributed by atoms with van der Waals surface area (Å²) in [5, 5.41) is 9.57. The van der Waals surface area contributed by atoms with Crippen LogP contribution in [0.3, 0.4) is 0 Å². The molecule has 1 N–H and O–H groups in total. The molecule has 1 saturated heterocycles. The van der Waals surface area contributed by atoms with Crippen LogP contribution in [0.15, 0.2) is 34.9 Å². The number of esters is 1. The quantitative estimate of drug-likeness (QED) is 0.469. The molecule has 7 atom stereocenters. The molecule has 35 heavy (non-hydrogen) atoms. The maximum atomic E-state index is 12.3. The van der Waals surface area contributed by atoms with Crippen LogP contribution in [0.25, 0.3) is 0 Å².